The van der Waals surface area contributed by atoms with Crippen LogP contribution < -0.4 is 10.1 Å². The molecule has 1 saturated heterocycles. The van der Waals surface area contributed by atoms with Crippen LogP contribution in [0, 0.1) is 5.92 Å². The molecule has 0 unspecified atom stereocenters. The van der Waals surface area contributed by atoms with Gasteiger partial charge in [0.15, 0.2) is 6.61 Å². The van der Waals surface area contributed by atoms with E-state index in [1.54, 1.807) is 0 Å². The second kappa shape index (κ2) is 7.97. The largest absolute Gasteiger partial charge is 0.483 e. The predicted molar refractivity (Wildman–Crippen MR) is 96.0 cm³/mol. The van der Waals surface area contributed by atoms with Crippen molar-refractivity contribution < 1.29 is 9.53 Å². The number of rotatable bonds is 6. The second-order valence-corrected chi connectivity index (χ2v) is 6.20. The average molecular weight is 324 g/mol. The molecule has 1 heterocycles. The molecule has 0 radical (unpaired) electrons. The van der Waals surface area contributed by atoms with E-state index in [9.17, 15) is 4.79 Å². The van der Waals surface area contributed by atoms with Gasteiger partial charge in [-0.05, 0) is 37.6 Å². The minimum absolute atomic E-state index is 0.0662. The van der Waals surface area contributed by atoms with Crippen molar-refractivity contribution in [2.45, 2.75) is 6.42 Å². The summed E-state index contributed by atoms with van der Waals surface area (Å²) in [6.45, 7) is 2.70. The van der Waals surface area contributed by atoms with Crippen molar-refractivity contribution in [3.63, 3.8) is 0 Å². The fraction of sp³-hybridized carbons (Fsp3) is 0.350. The lowest BCUT2D eigenvalue weighted by molar-refractivity contribution is -0.132. The van der Waals surface area contributed by atoms with Gasteiger partial charge in [0, 0.05) is 18.7 Å². The number of amides is 1. The van der Waals surface area contributed by atoms with Crippen molar-refractivity contribution in [3.8, 4) is 16.9 Å². The number of nitrogens with zero attached hydrogens (tertiary/aromatic N) is 1. The van der Waals surface area contributed by atoms with E-state index in [1.165, 1.54) is 0 Å². The van der Waals surface area contributed by atoms with Gasteiger partial charge in [-0.3, -0.25) is 4.79 Å². The first-order chi connectivity index (χ1) is 11.8. The fourth-order valence-electron chi connectivity index (χ4n) is 3.19. The Bertz CT molecular complexity index is 672. The number of para-hydroxylation sites is 1. The van der Waals surface area contributed by atoms with E-state index in [-0.39, 0.29) is 12.5 Å². The van der Waals surface area contributed by atoms with Crippen LogP contribution in [-0.2, 0) is 4.79 Å². The molecule has 0 saturated carbocycles. The highest BCUT2D eigenvalue weighted by Gasteiger charge is 2.25. The van der Waals surface area contributed by atoms with E-state index in [1.807, 2.05) is 66.5 Å². The molecule has 1 N–H and O–H groups in total. The van der Waals surface area contributed by atoms with Gasteiger partial charge in [-0.25, -0.2) is 0 Å². The molecule has 1 amide bonds. The highest BCUT2D eigenvalue weighted by molar-refractivity contribution is 5.78. The molecule has 1 fully saturated rings. The molecule has 4 nitrogen and oxygen atoms in total. The van der Waals surface area contributed by atoms with Crippen LogP contribution in [0.2, 0.25) is 0 Å². The molecule has 2 aromatic carbocycles. The summed E-state index contributed by atoms with van der Waals surface area (Å²) in [5.41, 5.74) is 2.11. The second-order valence-electron chi connectivity index (χ2n) is 6.20. The smallest absolute Gasteiger partial charge is 0.260 e. The maximum atomic E-state index is 12.4. The maximum absolute atomic E-state index is 12.4. The van der Waals surface area contributed by atoms with Gasteiger partial charge in [-0.2, -0.15) is 0 Å². The Morgan fingerprint density at radius 3 is 2.71 bits per heavy atom. The van der Waals surface area contributed by atoms with Crippen molar-refractivity contribution >= 4 is 5.91 Å². The number of likely N-dealkylation sites (tertiary alicyclic amines) is 1. The molecule has 4 heteroatoms. The molecule has 0 spiro atoms. The molecule has 1 aliphatic rings. The summed E-state index contributed by atoms with van der Waals surface area (Å²) < 4.78 is 5.85. The van der Waals surface area contributed by atoms with Gasteiger partial charge >= 0.3 is 0 Å². The maximum Gasteiger partial charge on any atom is 0.260 e. The summed E-state index contributed by atoms with van der Waals surface area (Å²) in [6.07, 6.45) is 1.06. The van der Waals surface area contributed by atoms with Gasteiger partial charge in [0.25, 0.3) is 5.91 Å². The van der Waals surface area contributed by atoms with Crippen molar-refractivity contribution in [2.24, 2.45) is 5.92 Å². The molecule has 2 aromatic rings. The topological polar surface area (TPSA) is 41.6 Å². The van der Waals surface area contributed by atoms with Gasteiger partial charge in [-0.1, -0.05) is 48.5 Å². The Labute approximate surface area is 143 Å². The molecule has 0 bridgehead atoms. The molecular formula is C20H24N2O2. The van der Waals surface area contributed by atoms with Crippen LogP contribution in [0.3, 0.4) is 0 Å². The zero-order chi connectivity index (χ0) is 16.8. The first kappa shape index (κ1) is 16.5. The van der Waals surface area contributed by atoms with Crippen molar-refractivity contribution in [1.29, 1.82) is 0 Å². The highest BCUT2D eigenvalue weighted by atomic mass is 16.5. The zero-order valence-corrected chi connectivity index (χ0v) is 14.1. The van der Waals surface area contributed by atoms with Crippen molar-refractivity contribution in [1.82, 2.24) is 10.2 Å². The number of hydrogen-bond donors (Lipinski definition) is 1. The van der Waals surface area contributed by atoms with Crippen LogP contribution in [0.15, 0.2) is 54.6 Å². The number of hydrogen-bond acceptors (Lipinski definition) is 3. The summed E-state index contributed by atoms with van der Waals surface area (Å²) in [5.74, 6) is 1.37. The predicted octanol–water partition coefficient (Wildman–Crippen LogP) is 2.80. The minimum atomic E-state index is 0.0662. The average Bonchev–Trinajstić information content (AvgIpc) is 3.10. The van der Waals surface area contributed by atoms with Gasteiger partial charge < -0.3 is 15.0 Å². The normalized spacial score (nSPS) is 17.0. The number of carbonyl (C=O) groups excluding carboxylic acids is 1. The Kier molecular flexibility index (Phi) is 5.49. The Hall–Kier alpha value is -2.33. The standard InChI is InChI=1S/C20H24N2O2/c1-21-13-16-11-12-22(14-16)20(23)15-24-19-10-6-5-9-18(19)17-7-3-2-4-8-17/h2-10,16,21H,11-15H2,1H3/t16-/m0/s1. The number of benzene rings is 2. The van der Waals surface area contributed by atoms with Crippen LogP contribution in [0.25, 0.3) is 11.1 Å². The third-order valence-electron chi connectivity index (χ3n) is 4.45. The summed E-state index contributed by atoms with van der Waals surface area (Å²) in [5, 5.41) is 3.18. The summed E-state index contributed by atoms with van der Waals surface area (Å²) in [4.78, 5) is 14.3. The molecular weight excluding hydrogens is 300 g/mol. The van der Waals surface area contributed by atoms with E-state index >= 15 is 0 Å². The lowest BCUT2D eigenvalue weighted by Crippen LogP contribution is -2.34. The van der Waals surface area contributed by atoms with E-state index in [0.717, 1.165) is 42.9 Å². The van der Waals surface area contributed by atoms with Crippen LogP contribution in [-0.4, -0.2) is 44.1 Å². The Balaban J connectivity index is 1.62. The van der Waals surface area contributed by atoms with E-state index in [4.69, 9.17) is 4.74 Å². The third-order valence-corrected chi connectivity index (χ3v) is 4.45. The first-order valence-electron chi connectivity index (χ1n) is 8.47. The van der Waals surface area contributed by atoms with Crippen LogP contribution in [0.5, 0.6) is 5.75 Å². The molecule has 1 aliphatic heterocycles. The SMILES string of the molecule is CNC[C@@H]1CCN(C(=O)COc2ccccc2-c2ccccc2)C1. The Morgan fingerprint density at radius 2 is 1.92 bits per heavy atom. The van der Waals surface area contributed by atoms with E-state index in [2.05, 4.69) is 5.32 Å². The Morgan fingerprint density at radius 1 is 1.17 bits per heavy atom. The van der Waals surface area contributed by atoms with Crippen LogP contribution in [0.1, 0.15) is 6.42 Å². The quantitative estimate of drug-likeness (QED) is 0.888. The summed E-state index contributed by atoms with van der Waals surface area (Å²) in [7, 11) is 1.95. The van der Waals surface area contributed by atoms with Gasteiger partial charge in [0.05, 0.1) is 0 Å². The van der Waals surface area contributed by atoms with E-state index < -0.39 is 0 Å². The van der Waals surface area contributed by atoms with Crippen LogP contribution in [0.4, 0.5) is 0 Å². The molecule has 24 heavy (non-hydrogen) atoms. The number of ether oxygens (including phenoxy) is 1. The summed E-state index contributed by atoms with van der Waals surface area (Å²) in [6, 6.07) is 18.0. The van der Waals surface area contributed by atoms with Crippen LogP contribution >= 0.6 is 0 Å². The molecule has 0 aromatic heterocycles. The minimum Gasteiger partial charge on any atom is -0.483 e. The third kappa shape index (κ3) is 3.95. The molecule has 1 atom stereocenters. The molecule has 3 rings (SSSR count). The van der Waals surface area contributed by atoms with Gasteiger partial charge in [0.2, 0.25) is 0 Å². The number of nitrogens with one attached hydrogen (secondary N) is 1. The lowest BCUT2D eigenvalue weighted by atomic mass is 10.1. The lowest BCUT2D eigenvalue weighted by Gasteiger charge is -2.18. The zero-order valence-electron chi connectivity index (χ0n) is 14.1. The van der Waals surface area contributed by atoms with Gasteiger partial charge in [0.1, 0.15) is 5.75 Å². The van der Waals surface area contributed by atoms with Crippen molar-refractivity contribution in [2.75, 3.05) is 33.3 Å². The fourth-order valence-corrected chi connectivity index (χ4v) is 3.19. The highest BCUT2D eigenvalue weighted by Crippen LogP contribution is 2.29. The first-order valence-corrected chi connectivity index (χ1v) is 8.47. The number of carbonyl (C=O) groups is 1. The molecule has 0 aliphatic carbocycles. The van der Waals surface area contributed by atoms with Gasteiger partial charge in [-0.15, -0.1) is 0 Å². The van der Waals surface area contributed by atoms with E-state index in [0.29, 0.717) is 5.92 Å². The van der Waals surface area contributed by atoms with Crippen molar-refractivity contribution in [3.05, 3.63) is 54.6 Å². The summed E-state index contributed by atoms with van der Waals surface area (Å²) >= 11 is 0. The molecule has 126 valence electrons. The monoisotopic (exact) mass is 324 g/mol.